The zero-order chi connectivity index (χ0) is 37.3. The Balaban J connectivity index is 1.87. The second-order valence-corrected chi connectivity index (χ2v) is 12.2. The molecule has 1 heterocycles. The molecule has 5 N–H and O–H groups in total. The summed E-state index contributed by atoms with van der Waals surface area (Å²) in [6.07, 6.45) is -1.19. The zero-order valence-electron chi connectivity index (χ0n) is 27.3. The highest BCUT2D eigenvalue weighted by molar-refractivity contribution is 7.85. The van der Waals surface area contributed by atoms with E-state index < -0.39 is 76.5 Å². The molecule has 0 bridgehead atoms. The molecule has 1 fully saturated rings. The monoisotopic (exact) mass is 731 g/mol. The lowest BCUT2D eigenvalue weighted by Gasteiger charge is -2.31. The molecular formula is C30H41N3O16S. The van der Waals surface area contributed by atoms with Gasteiger partial charge in [-0.05, 0) is 25.1 Å². The topological polar surface area (TPSA) is 271 Å². The average molecular weight is 732 g/mol. The molecule has 4 unspecified atom stereocenters. The van der Waals surface area contributed by atoms with Gasteiger partial charge in [0, 0.05) is 50.9 Å². The number of carbonyl (C=O) groups is 6. The summed E-state index contributed by atoms with van der Waals surface area (Å²) in [6, 6.07) is 2.89. The molecule has 1 aromatic carbocycles. The Morgan fingerprint density at radius 3 is 2.52 bits per heavy atom. The maximum absolute atomic E-state index is 12.6. The van der Waals surface area contributed by atoms with Crippen LogP contribution in [0.4, 0.5) is 0 Å². The van der Waals surface area contributed by atoms with E-state index in [9.17, 15) is 52.0 Å². The molecule has 1 saturated heterocycles. The number of benzene rings is 1. The van der Waals surface area contributed by atoms with Crippen molar-refractivity contribution in [2.24, 2.45) is 0 Å². The van der Waals surface area contributed by atoms with Crippen molar-refractivity contribution in [3.63, 3.8) is 0 Å². The van der Waals surface area contributed by atoms with Gasteiger partial charge in [-0.3, -0.25) is 33.4 Å². The third kappa shape index (κ3) is 15.7. The number of ether oxygens (including phenoxy) is 5. The van der Waals surface area contributed by atoms with Crippen molar-refractivity contribution in [3.05, 3.63) is 35.9 Å². The van der Waals surface area contributed by atoms with E-state index >= 15 is 0 Å². The van der Waals surface area contributed by atoms with Crippen LogP contribution in [0.2, 0.25) is 0 Å². The minimum Gasteiger partial charge on any atom is -0.491 e. The second-order valence-electron chi connectivity index (χ2n) is 10.7. The van der Waals surface area contributed by atoms with E-state index in [2.05, 4.69) is 10.6 Å². The van der Waals surface area contributed by atoms with E-state index in [1.54, 1.807) is 19.1 Å². The zero-order valence-corrected chi connectivity index (χ0v) is 28.2. The first-order valence-corrected chi connectivity index (χ1v) is 16.8. The predicted molar refractivity (Wildman–Crippen MR) is 169 cm³/mol. The van der Waals surface area contributed by atoms with Gasteiger partial charge in [0.25, 0.3) is 16.0 Å². The molecule has 4 atom stereocenters. The second kappa shape index (κ2) is 20.8. The molecule has 1 aromatic rings. The number of esters is 1. The lowest BCUT2D eigenvalue weighted by Crippen LogP contribution is -2.51. The fourth-order valence-electron chi connectivity index (χ4n) is 4.29. The normalized spacial score (nSPS) is 18.0. The number of amides is 4. The van der Waals surface area contributed by atoms with Gasteiger partial charge < -0.3 is 44.5 Å². The first kappa shape index (κ1) is 41.5. The Kier molecular flexibility index (Phi) is 17.3. The average Bonchev–Trinajstić information content (AvgIpc) is 3.03. The number of carboxylic acids is 1. The van der Waals surface area contributed by atoms with Crippen molar-refractivity contribution in [2.75, 3.05) is 38.7 Å². The first-order valence-electron chi connectivity index (χ1n) is 15.2. The van der Waals surface area contributed by atoms with Crippen molar-refractivity contribution < 1.29 is 75.6 Å². The fraction of sp³-hybridized carbons (Fsp3) is 0.533. The maximum Gasteiger partial charge on any atom is 0.333 e. The third-order valence-electron chi connectivity index (χ3n) is 6.64. The molecule has 1 aliphatic heterocycles. The quantitative estimate of drug-likeness (QED) is 0.0331. The van der Waals surface area contributed by atoms with Gasteiger partial charge in [-0.1, -0.05) is 6.08 Å². The summed E-state index contributed by atoms with van der Waals surface area (Å²) in [7, 11) is -4.70. The molecule has 0 spiro atoms. The minimum atomic E-state index is -4.70. The van der Waals surface area contributed by atoms with Crippen LogP contribution in [0, 0.1) is 0 Å². The molecule has 0 radical (unpaired) electrons. The van der Waals surface area contributed by atoms with Gasteiger partial charge in [-0.15, -0.1) is 0 Å². The number of carboxylic acid groups (broad SMARTS) is 1. The number of rotatable bonds is 21. The number of nitrogens with zero attached hydrogens (tertiary/aromatic N) is 1. The highest BCUT2D eigenvalue weighted by Gasteiger charge is 2.34. The molecule has 0 aliphatic carbocycles. The van der Waals surface area contributed by atoms with Gasteiger partial charge in [-0.25, -0.2) is 4.79 Å². The number of aliphatic hydroxyl groups is 1. The summed E-state index contributed by atoms with van der Waals surface area (Å²) < 4.78 is 59.4. The minimum absolute atomic E-state index is 0.00534. The van der Waals surface area contributed by atoms with E-state index in [0.717, 1.165) is 6.08 Å². The highest BCUT2D eigenvalue weighted by Crippen LogP contribution is 2.30. The third-order valence-corrected chi connectivity index (χ3v) is 7.40. The van der Waals surface area contributed by atoms with E-state index in [1.165, 1.54) is 19.1 Å². The lowest BCUT2D eigenvalue weighted by atomic mass is 10.1. The van der Waals surface area contributed by atoms with Crippen LogP contribution in [0.15, 0.2) is 30.4 Å². The number of hydrogen-bond donors (Lipinski definition) is 5. The number of imide groups is 1. The maximum atomic E-state index is 12.6. The molecule has 0 saturated carbocycles. The van der Waals surface area contributed by atoms with Crippen LogP contribution in [0.25, 0.3) is 0 Å². The summed E-state index contributed by atoms with van der Waals surface area (Å²) in [5, 5.41) is 23.9. The van der Waals surface area contributed by atoms with Crippen LogP contribution >= 0.6 is 0 Å². The van der Waals surface area contributed by atoms with Crippen LogP contribution in [0.1, 0.15) is 38.7 Å². The predicted octanol–water partition coefficient (Wildman–Crippen LogP) is -1.09. The van der Waals surface area contributed by atoms with Crippen LogP contribution < -0.4 is 20.1 Å². The van der Waals surface area contributed by atoms with Crippen molar-refractivity contribution >= 4 is 46.2 Å². The molecular weight excluding hydrogens is 690 g/mol. The van der Waals surface area contributed by atoms with E-state index in [-0.39, 0.29) is 64.5 Å². The summed E-state index contributed by atoms with van der Waals surface area (Å²) in [5.74, 6) is -4.96. The molecule has 278 valence electrons. The number of nitrogens with one attached hydrogen (secondary N) is 2. The standard InChI is InChI=1S/C30H41N3O16S/c1-3-4-27(38)33(18-34)9-7-26(37)32-23(17-50(42,43)44)29(39)31-8-10-45-11-12-46-22-6-5-20(16-47-19(2)35)24(15-22)48-28-14-21(36)13-25(49-28)30(40)41/h3-6,15,18,21,23,25,28,36H,7-14,16-17H2,1-2H3,(H,31,39)(H,32,37)(H,40,41)(H,42,43,44)/b4-3-. The Labute approximate surface area is 287 Å². The van der Waals surface area contributed by atoms with Crippen LogP contribution in [-0.4, -0.2) is 127 Å². The number of hydrogen-bond acceptors (Lipinski definition) is 14. The van der Waals surface area contributed by atoms with Gasteiger partial charge in [0.1, 0.15) is 36.5 Å². The Hall–Kier alpha value is -4.63. The molecule has 1 aliphatic rings. The van der Waals surface area contributed by atoms with Gasteiger partial charge >= 0.3 is 11.9 Å². The SMILES string of the molecule is C/C=C\C(=O)N(C=O)CCC(=O)NC(CS(=O)(=O)O)C(=O)NCCOCCOc1ccc(COC(C)=O)c(OC2CC(O)CC(C(=O)O)O2)c1. The number of aliphatic carboxylic acids is 1. The highest BCUT2D eigenvalue weighted by atomic mass is 32.2. The number of carbonyl (C=O) groups excluding carboxylic acids is 5. The summed E-state index contributed by atoms with van der Waals surface area (Å²) in [6.45, 7) is 2.11. The van der Waals surface area contributed by atoms with E-state index in [1.807, 2.05) is 0 Å². The molecule has 20 heteroatoms. The van der Waals surface area contributed by atoms with Crippen LogP contribution in [0.5, 0.6) is 11.5 Å². The summed E-state index contributed by atoms with van der Waals surface area (Å²) in [4.78, 5) is 71.2. The molecule has 2 rings (SSSR count). The molecule has 50 heavy (non-hydrogen) atoms. The molecule has 4 amide bonds. The van der Waals surface area contributed by atoms with Gasteiger partial charge in [-0.2, -0.15) is 8.42 Å². The van der Waals surface area contributed by atoms with E-state index in [4.69, 9.17) is 23.7 Å². The van der Waals surface area contributed by atoms with Crippen molar-refractivity contribution in [1.29, 1.82) is 0 Å². The van der Waals surface area contributed by atoms with Gasteiger partial charge in [0.2, 0.25) is 24.5 Å². The Bertz CT molecular complexity index is 1480. The Morgan fingerprint density at radius 2 is 1.88 bits per heavy atom. The smallest absolute Gasteiger partial charge is 0.333 e. The Morgan fingerprint density at radius 1 is 1.14 bits per heavy atom. The largest absolute Gasteiger partial charge is 0.491 e. The first-order chi connectivity index (χ1) is 23.6. The van der Waals surface area contributed by atoms with Crippen LogP contribution in [-0.2, 0) is 59.7 Å². The number of aliphatic hydroxyl groups excluding tert-OH is 1. The van der Waals surface area contributed by atoms with E-state index in [0.29, 0.717) is 16.2 Å². The fourth-order valence-corrected chi connectivity index (χ4v) is 4.95. The molecule has 0 aromatic heterocycles. The van der Waals surface area contributed by atoms with Crippen LogP contribution in [0.3, 0.4) is 0 Å². The van der Waals surface area contributed by atoms with Crippen molar-refractivity contribution in [2.45, 2.75) is 64.3 Å². The molecule has 19 nitrogen and oxygen atoms in total. The summed E-state index contributed by atoms with van der Waals surface area (Å²) in [5.41, 5.74) is 0.418. The van der Waals surface area contributed by atoms with Gasteiger partial charge in [0.15, 0.2) is 6.10 Å². The lowest BCUT2D eigenvalue weighted by molar-refractivity contribution is -0.195. The van der Waals surface area contributed by atoms with Crippen molar-refractivity contribution in [1.82, 2.24) is 15.5 Å². The van der Waals surface area contributed by atoms with Crippen molar-refractivity contribution in [3.8, 4) is 11.5 Å². The number of allylic oxidation sites excluding steroid dienone is 1. The summed E-state index contributed by atoms with van der Waals surface area (Å²) >= 11 is 0. The van der Waals surface area contributed by atoms with Gasteiger partial charge in [0.05, 0.1) is 19.3 Å².